The summed E-state index contributed by atoms with van der Waals surface area (Å²) in [5.74, 6) is 0. The number of aromatic amines is 1. The molecule has 2 N–H and O–H groups in total. The van der Waals surface area contributed by atoms with Gasteiger partial charge in [-0.2, -0.15) is 0 Å². The molecule has 0 amide bonds. The molecule has 4 nitrogen and oxygen atoms in total. The van der Waals surface area contributed by atoms with Crippen molar-refractivity contribution in [1.82, 2.24) is 9.71 Å². The number of unbranched alkanes of at least 4 members (excludes halogenated alkanes) is 2. The summed E-state index contributed by atoms with van der Waals surface area (Å²) in [6.45, 7) is 4.59. The number of nitrogens with one attached hydrogen (secondary N) is 2. The minimum absolute atomic E-state index is 0.319. The molecule has 33 heavy (non-hydrogen) atoms. The zero-order valence-corrected chi connectivity index (χ0v) is 20.2. The van der Waals surface area contributed by atoms with Gasteiger partial charge in [0, 0.05) is 23.1 Å². The van der Waals surface area contributed by atoms with Crippen LogP contribution in [-0.2, 0) is 22.9 Å². The van der Waals surface area contributed by atoms with Gasteiger partial charge in [0.25, 0.3) is 0 Å². The van der Waals surface area contributed by atoms with Gasteiger partial charge in [0.2, 0.25) is 10.0 Å². The van der Waals surface area contributed by atoms with Crippen LogP contribution in [0.2, 0.25) is 0 Å². The van der Waals surface area contributed by atoms with Crippen LogP contribution in [0.4, 0.5) is 0 Å². The largest absolute Gasteiger partial charge is 0.354 e. The molecule has 0 saturated carbocycles. The van der Waals surface area contributed by atoms with Crippen molar-refractivity contribution in [2.45, 2.75) is 50.8 Å². The molecule has 0 atom stereocenters. The molecular formula is C28H32N2O2S. The quantitative estimate of drug-likeness (QED) is 0.269. The lowest BCUT2D eigenvalue weighted by Crippen LogP contribution is -2.26. The van der Waals surface area contributed by atoms with Gasteiger partial charge in [0.15, 0.2) is 0 Å². The molecule has 4 rings (SSSR count). The van der Waals surface area contributed by atoms with Gasteiger partial charge in [-0.1, -0.05) is 79.9 Å². The Bertz CT molecular complexity index is 1300. The van der Waals surface area contributed by atoms with Crippen molar-refractivity contribution in [3.8, 4) is 11.3 Å². The third-order valence-corrected chi connectivity index (χ3v) is 7.60. The summed E-state index contributed by atoms with van der Waals surface area (Å²) in [4.78, 5) is 3.85. The van der Waals surface area contributed by atoms with Gasteiger partial charge < -0.3 is 4.98 Å². The molecule has 172 valence electrons. The van der Waals surface area contributed by atoms with Gasteiger partial charge in [-0.25, -0.2) is 13.1 Å². The Kier molecular flexibility index (Phi) is 7.31. The second-order valence-corrected chi connectivity index (χ2v) is 10.4. The molecule has 0 unspecified atom stereocenters. The lowest BCUT2D eigenvalue weighted by atomic mass is 10.0. The van der Waals surface area contributed by atoms with E-state index in [0.717, 1.165) is 40.6 Å². The van der Waals surface area contributed by atoms with Gasteiger partial charge in [-0.05, 0) is 61.1 Å². The number of aryl methyl sites for hydroxylation is 2. The number of aromatic nitrogens is 1. The predicted octanol–water partition coefficient (Wildman–Crippen LogP) is 6.40. The number of fused-ring (bicyclic) bond motifs is 1. The topological polar surface area (TPSA) is 62.0 Å². The fourth-order valence-electron chi connectivity index (χ4n) is 4.23. The Morgan fingerprint density at radius 1 is 0.848 bits per heavy atom. The smallest absolute Gasteiger partial charge is 0.240 e. The van der Waals surface area contributed by atoms with Crippen molar-refractivity contribution in [3.05, 3.63) is 89.5 Å². The Hall–Kier alpha value is -2.89. The third kappa shape index (κ3) is 5.55. The van der Waals surface area contributed by atoms with E-state index in [2.05, 4.69) is 60.0 Å². The maximum atomic E-state index is 12.9. The van der Waals surface area contributed by atoms with Crippen molar-refractivity contribution >= 4 is 20.9 Å². The lowest BCUT2D eigenvalue weighted by molar-refractivity contribution is 0.581. The number of hydrogen-bond donors (Lipinski definition) is 2. The summed E-state index contributed by atoms with van der Waals surface area (Å²) >= 11 is 0. The van der Waals surface area contributed by atoms with Crippen LogP contribution in [-0.4, -0.2) is 19.9 Å². The van der Waals surface area contributed by atoms with Crippen molar-refractivity contribution in [2.75, 3.05) is 6.54 Å². The number of sulfonamides is 1. The zero-order chi connectivity index (χ0) is 23.3. The molecule has 1 aromatic heterocycles. The lowest BCUT2D eigenvalue weighted by Gasteiger charge is -2.09. The van der Waals surface area contributed by atoms with Crippen LogP contribution < -0.4 is 4.72 Å². The molecule has 0 bridgehead atoms. The predicted molar refractivity (Wildman–Crippen MR) is 137 cm³/mol. The highest BCUT2D eigenvalue weighted by molar-refractivity contribution is 7.89. The fourth-order valence-corrected chi connectivity index (χ4v) is 5.27. The van der Waals surface area contributed by atoms with Gasteiger partial charge in [-0.15, -0.1) is 0 Å². The van der Waals surface area contributed by atoms with Crippen molar-refractivity contribution in [2.24, 2.45) is 0 Å². The van der Waals surface area contributed by atoms with E-state index in [0.29, 0.717) is 17.9 Å². The van der Waals surface area contributed by atoms with Crippen molar-refractivity contribution in [1.29, 1.82) is 0 Å². The fraction of sp³-hybridized carbons (Fsp3) is 0.286. The van der Waals surface area contributed by atoms with E-state index in [1.54, 1.807) is 12.1 Å². The molecule has 5 heteroatoms. The summed E-state index contributed by atoms with van der Waals surface area (Å²) < 4.78 is 28.5. The van der Waals surface area contributed by atoms with E-state index in [-0.39, 0.29) is 0 Å². The molecule has 0 saturated heterocycles. The first-order valence-electron chi connectivity index (χ1n) is 11.7. The first kappa shape index (κ1) is 23.3. The van der Waals surface area contributed by atoms with Crippen LogP contribution in [0.3, 0.4) is 0 Å². The monoisotopic (exact) mass is 460 g/mol. The average molecular weight is 461 g/mol. The first-order chi connectivity index (χ1) is 16.0. The molecule has 0 spiro atoms. The maximum absolute atomic E-state index is 12.9. The highest BCUT2D eigenvalue weighted by atomic mass is 32.2. The molecule has 3 aromatic carbocycles. The van der Waals surface area contributed by atoms with E-state index < -0.39 is 10.0 Å². The number of hydrogen-bond acceptors (Lipinski definition) is 2. The summed E-state index contributed by atoms with van der Waals surface area (Å²) in [6.07, 6.45) is 5.10. The zero-order valence-electron chi connectivity index (χ0n) is 19.4. The highest BCUT2D eigenvalue weighted by Crippen LogP contribution is 2.31. The highest BCUT2D eigenvalue weighted by Gasteiger charge is 2.16. The standard InChI is InChI=1S/C28H32N2O2S/c1-3-4-5-8-22-13-17-24(18-14-22)33(31,32)29-20-19-26-25-9-6-7-10-27(25)30-28(26)23-15-11-21(2)12-16-23/h6-7,9-18,29-30H,3-5,8,19-20H2,1-2H3. The van der Waals surface area contributed by atoms with Gasteiger partial charge in [0.05, 0.1) is 4.90 Å². The summed E-state index contributed by atoms with van der Waals surface area (Å²) in [5.41, 5.74) is 6.73. The van der Waals surface area contributed by atoms with Crippen LogP contribution in [0.5, 0.6) is 0 Å². The van der Waals surface area contributed by atoms with E-state index in [9.17, 15) is 8.42 Å². The van der Waals surface area contributed by atoms with E-state index in [4.69, 9.17) is 0 Å². The van der Waals surface area contributed by atoms with Gasteiger partial charge >= 0.3 is 0 Å². The summed E-state index contributed by atoms with van der Waals surface area (Å²) in [5, 5.41) is 1.13. The summed E-state index contributed by atoms with van der Waals surface area (Å²) in [7, 11) is -3.55. The third-order valence-electron chi connectivity index (χ3n) is 6.12. The first-order valence-corrected chi connectivity index (χ1v) is 13.2. The second-order valence-electron chi connectivity index (χ2n) is 8.64. The van der Waals surface area contributed by atoms with E-state index in [1.807, 2.05) is 24.3 Å². The van der Waals surface area contributed by atoms with Crippen molar-refractivity contribution < 1.29 is 8.42 Å². The maximum Gasteiger partial charge on any atom is 0.240 e. The number of rotatable bonds is 10. The molecule has 0 aliphatic rings. The minimum Gasteiger partial charge on any atom is -0.354 e. The molecule has 0 aliphatic heterocycles. The van der Waals surface area contributed by atoms with Crippen molar-refractivity contribution in [3.63, 3.8) is 0 Å². The Morgan fingerprint density at radius 3 is 2.30 bits per heavy atom. The number of para-hydroxylation sites is 1. The Morgan fingerprint density at radius 2 is 1.58 bits per heavy atom. The van der Waals surface area contributed by atoms with Gasteiger partial charge in [0.1, 0.15) is 0 Å². The van der Waals surface area contributed by atoms with Crippen LogP contribution in [0.15, 0.2) is 77.7 Å². The SMILES string of the molecule is CCCCCc1ccc(S(=O)(=O)NCCc2c(-c3ccc(C)cc3)[nH]c3ccccc23)cc1. The second kappa shape index (κ2) is 10.4. The molecular weight excluding hydrogens is 428 g/mol. The Labute approximate surface area is 197 Å². The minimum atomic E-state index is -3.55. The van der Waals surface area contributed by atoms with Crippen LogP contribution >= 0.6 is 0 Å². The van der Waals surface area contributed by atoms with Gasteiger partial charge in [-0.3, -0.25) is 0 Å². The number of benzene rings is 3. The molecule has 1 heterocycles. The van der Waals surface area contributed by atoms with Crippen LogP contribution in [0.1, 0.15) is 42.9 Å². The summed E-state index contributed by atoms with van der Waals surface area (Å²) in [6, 6.07) is 23.9. The average Bonchev–Trinajstić information content (AvgIpc) is 3.19. The van der Waals surface area contributed by atoms with E-state index in [1.165, 1.54) is 24.0 Å². The molecule has 0 radical (unpaired) electrons. The van der Waals surface area contributed by atoms with Crippen LogP contribution in [0.25, 0.3) is 22.2 Å². The van der Waals surface area contributed by atoms with Crippen LogP contribution in [0, 0.1) is 6.92 Å². The Balaban J connectivity index is 1.49. The normalized spacial score (nSPS) is 11.8. The number of H-pyrrole nitrogens is 1. The molecule has 0 aliphatic carbocycles. The molecule has 4 aromatic rings. The molecule has 0 fully saturated rings. The van der Waals surface area contributed by atoms with E-state index >= 15 is 0 Å².